The van der Waals surface area contributed by atoms with Gasteiger partial charge in [0.2, 0.25) is 0 Å². The highest BCUT2D eigenvalue weighted by Crippen LogP contribution is 2.26. The fourth-order valence-corrected chi connectivity index (χ4v) is 6.18. The number of esters is 2. The number of hydrogen-bond donors (Lipinski definition) is 5. The summed E-state index contributed by atoms with van der Waals surface area (Å²) in [6, 6.07) is 13.3. The number of Topliss-reactive ketones (excluding diaryl/α,β-unsaturated/α-hetero) is 1. The number of cyclic esters (lactones) is 1. The van der Waals surface area contributed by atoms with E-state index in [2.05, 4.69) is 24.3 Å². The summed E-state index contributed by atoms with van der Waals surface area (Å²) in [6.07, 6.45) is 27.6. The molecule has 1 aliphatic rings. The average molecular weight is 885 g/mol. The van der Waals surface area contributed by atoms with Gasteiger partial charge in [-0.05, 0) is 147 Å². The van der Waals surface area contributed by atoms with Gasteiger partial charge >= 0.3 is 11.9 Å². The average Bonchev–Trinajstić information content (AvgIpc) is 3.26. The molecule has 1 aliphatic heterocycles. The Hall–Kier alpha value is -4.07. The molecule has 12 heteroatoms. The summed E-state index contributed by atoms with van der Waals surface area (Å²) in [6.45, 7) is 7.49. The summed E-state index contributed by atoms with van der Waals surface area (Å²) >= 11 is 0. The number of allylic oxidation sites excluding steroid dienone is 4. The van der Waals surface area contributed by atoms with Crippen LogP contribution in [-0.4, -0.2) is 94.1 Å². The summed E-state index contributed by atoms with van der Waals surface area (Å²) in [7, 11) is 0. The SMILES string of the molecule is CC(C)(O)C(=O)c1ccc(OCCOC(=O)CCCC/C=C/CCCCO)cc1.CC(C)(O)C(O)c1ccc(OCCO)cc1.O=C1CCCCCC/C=C/CCCCCCCO1. The highest BCUT2D eigenvalue weighted by Gasteiger charge is 2.26. The van der Waals surface area contributed by atoms with Crippen LogP contribution in [0.3, 0.4) is 0 Å². The monoisotopic (exact) mass is 885 g/mol. The molecule has 0 spiro atoms. The molecule has 356 valence electrons. The van der Waals surface area contributed by atoms with Crippen molar-refractivity contribution in [3.05, 3.63) is 84.0 Å². The van der Waals surface area contributed by atoms with Gasteiger partial charge in [-0.2, -0.15) is 0 Å². The van der Waals surface area contributed by atoms with Gasteiger partial charge < -0.3 is 44.5 Å². The molecule has 0 bridgehead atoms. The Morgan fingerprint density at radius 1 is 0.683 bits per heavy atom. The van der Waals surface area contributed by atoms with Gasteiger partial charge in [-0.3, -0.25) is 14.4 Å². The fraction of sp³-hybridized carbons (Fsp3) is 0.627. The van der Waals surface area contributed by atoms with Crippen LogP contribution in [0.4, 0.5) is 0 Å². The van der Waals surface area contributed by atoms with Crippen molar-refractivity contribution in [1.82, 2.24) is 0 Å². The van der Waals surface area contributed by atoms with E-state index in [9.17, 15) is 29.7 Å². The molecule has 2 aromatic rings. The zero-order valence-electron chi connectivity index (χ0n) is 38.8. The quantitative estimate of drug-likeness (QED) is 0.0367. The number of ether oxygens (including phenoxy) is 4. The number of ketones is 1. The van der Waals surface area contributed by atoms with Crippen LogP contribution in [0.1, 0.15) is 172 Å². The molecular weight excluding hydrogens is 805 g/mol. The summed E-state index contributed by atoms with van der Waals surface area (Å²) in [5.41, 5.74) is -1.54. The normalized spacial score (nSPS) is 15.6. The molecule has 0 amide bonds. The minimum absolute atomic E-state index is 0.000729. The largest absolute Gasteiger partial charge is 0.491 e. The van der Waals surface area contributed by atoms with Crippen LogP contribution in [0.2, 0.25) is 0 Å². The highest BCUT2D eigenvalue weighted by atomic mass is 16.6. The highest BCUT2D eigenvalue weighted by molar-refractivity contribution is 6.01. The Morgan fingerprint density at radius 2 is 1.22 bits per heavy atom. The first-order chi connectivity index (χ1) is 30.2. The molecule has 5 N–H and O–H groups in total. The Bertz CT molecular complexity index is 1520. The van der Waals surface area contributed by atoms with E-state index in [4.69, 9.17) is 29.2 Å². The third kappa shape index (κ3) is 30.6. The second-order valence-corrected chi connectivity index (χ2v) is 16.8. The predicted molar refractivity (Wildman–Crippen MR) is 248 cm³/mol. The standard InChI is InChI=1S/C23H34O6.C16H28O2.C12H18O4/c1-23(2,27)22(26)19-12-14-20(15-13-19)28-17-18-29-21(25)11-9-7-5-3-4-6-8-10-16-24;17-16-14-12-10-8-6-4-2-1-3-5-7-9-11-13-15-18-16;1-12(2,15)11(14)9-3-5-10(6-4-9)16-8-7-13/h3-4,12-15,24,27H,5-11,16-18H2,1-2H3;1-2H,3-15H2;3-6,11,13-15H,7-8H2,1-2H3/b4-3+;2-1+;. The number of aliphatic hydroxyl groups is 5. The van der Waals surface area contributed by atoms with Gasteiger partial charge in [0.05, 0.1) is 18.8 Å². The van der Waals surface area contributed by atoms with Crippen molar-refractivity contribution in [2.45, 2.75) is 167 Å². The first-order valence-corrected chi connectivity index (χ1v) is 23.1. The number of unbranched alkanes of at least 4 members (excludes halogenated alkanes) is 4. The van der Waals surface area contributed by atoms with E-state index in [1.165, 1.54) is 65.2 Å². The smallest absolute Gasteiger partial charge is 0.305 e. The van der Waals surface area contributed by atoms with Crippen molar-refractivity contribution >= 4 is 17.7 Å². The molecule has 0 aliphatic carbocycles. The number of rotatable bonds is 20. The van der Waals surface area contributed by atoms with Crippen LogP contribution in [-0.2, 0) is 19.1 Å². The van der Waals surface area contributed by atoms with Crippen LogP contribution in [0.15, 0.2) is 72.8 Å². The summed E-state index contributed by atoms with van der Waals surface area (Å²) in [5.74, 6) is 0.612. The predicted octanol–water partition coefficient (Wildman–Crippen LogP) is 9.48. The Kier molecular flexibility index (Phi) is 31.9. The third-order valence-corrected chi connectivity index (χ3v) is 9.91. The van der Waals surface area contributed by atoms with Crippen molar-refractivity contribution in [2.24, 2.45) is 0 Å². The van der Waals surface area contributed by atoms with Gasteiger partial charge in [-0.25, -0.2) is 0 Å². The van der Waals surface area contributed by atoms with E-state index < -0.39 is 17.3 Å². The maximum absolute atomic E-state index is 12.0. The molecule has 1 heterocycles. The van der Waals surface area contributed by atoms with Gasteiger partial charge in [0.1, 0.15) is 43.0 Å². The van der Waals surface area contributed by atoms with Crippen molar-refractivity contribution < 1.29 is 58.9 Å². The third-order valence-electron chi connectivity index (χ3n) is 9.91. The zero-order valence-corrected chi connectivity index (χ0v) is 38.8. The molecular formula is C51H80O12. The first kappa shape index (κ1) is 56.9. The second-order valence-electron chi connectivity index (χ2n) is 16.8. The minimum atomic E-state index is -1.41. The number of benzene rings is 2. The molecule has 0 fully saturated rings. The van der Waals surface area contributed by atoms with Gasteiger partial charge in [0.15, 0.2) is 5.78 Å². The summed E-state index contributed by atoms with van der Waals surface area (Å²) in [5, 5.41) is 46.4. The van der Waals surface area contributed by atoms with Gasteiger partial charge in [0, 0.05) is 25.0 Å². The lowest BCUT2D eigenvalue weighted by atomic mass is 9.95. The molecule has 3 rings (SSSR count). The van der Waals surface area contributed by atoms with Crippen molar-refractivity contribution in [2.75, 3.05) is 39.6 Å². The van der Waals surface area contributed by atoms with Crippen LogP contribution in [0.25, 0.3) is 0 Å². The molecule has 1 atom stereocenters. The molecule has 2 aromatic carbocycles. The van der Waals surface area contributed by atoms with Crippen molar-refractivity contribution in [3.8, 4) is 11.5 Å². The Morgan fingerprint density at radius 3 is 1.79 bits per heavy atom. The first-order valence-electron chi connectivity index (χ1n) is 23.1. The Labute approximate surface area is 377 Å². The lowest BCUT2D eigenvalue weighted by Gasteiger charge is -2.24. The van der Waals surface area contributed by atoms with Crippen LogP contribution in [0.5, 0.6) is 11.5 Å². The molecule has 0 saturated carbocycles. The van der Waals surface area contributed by atoms with E-state index in [1.54, 1.807) is 62.4 Å². The minimum Gasteiger partial charge on any atom is -0.491 e. The topological polar surface area (TPSA) is 189 Å². The maximum atomic E-state index is 12.0. The summed E-state index contributed by atoms with van der Waals surface area (Å²) < 4.78 is 21.0. The number of hydrogen-bond acceptors (Lipinski definition) is 12. The van der Waals surface area contributed by atoms with Crippen molar-refractivity contribution in [1.29, 1.82) is 0 Å². The van der Waals surface area contributed by atoms with E-state index in [-0.39, 0.29) is 50.8 Å². The van der Waals surface area contributed by atoms with Crippen LogP contribution >= 0.6 is 0 Å². The maximum Gasteiger partial charge on any atom is 0.305 e. The van der Waals surface area contributed by atoms with Crippen molar-refractivity contribution in [3.63, 3.8) is 0 Å². The lowest BCUT2D eigenvalue weighted by molar-refractivity contribution is -0.145. The van der Waals surface area contributed by atoms with Gasteiger partial charge in [0.25, 0.3) is 0 Å². The molecule has 0 radical (unpaired) electrons. The summed E-state index contributed by atoms with van der Waals surface area (Å²) in [4.78, 5) is 35.0. The number of carbonyl (C=O) groups excluding carboxylic acids is 3. The van der Waals surface area contributed by atoms with Crippen LogP contribution in [0, 0.1) is 0 Å². The molecule has 0 aromatic heterocycles. The number of aliphatic hydroxyl groups excluding tert-OH is 3. The van der Waals surface area contributed by atoms with Gasteiger partial charge in [-0.1, -0.05) is 68.5 Å². The lowest BCUT2D eigenvalue weighted by Crippen LogP contribution is -2.30. The molecule has 63 heavy (non-hydrogen) atoms. The van der Waals surface area contributed by atoms with E-state index >= 15 is 0 Å². The van der Waals surface area contributed by atoms with Gasteiger partial charge in [-0.15, -0.1) is 0 Å². The molecule has 0 saturated heterocycles. The molecule has 12 nitrogen and oxygen atoms in total. The van der Waals surface area contributed by atoms with E-state index in [0.717, 1.165) is 57.8 Å². The Balaban J connectivity index is 0.000000502. The zero-order chi connectivity index (χ0) is 46.6. The second kappa shape index (κ2) is 35.3. The van der Waals surface area contributed by atoms with Crippen LogP contribution < -0.4 is 9.47 Å². The van der Waals surface area contributed by atoms with E-state index in [0.29, 0.717) is 42.1 Å². The fourth-order valence-electron chi connectivity index (χ4n) is 6.18. The van der Waals surface area contributed by atoms with E-state index in [1.807, 2.05) is 0 Å². The molecule has 1 unspecified atom stereocenters. The number of carbonyl (C=O) groups is 3.